The molecule has 0 radical (unpaired) electrons. The predicted molar refractivity (Wildman–Crippen MR) is 101 cm³/mol. The molecule has 0 saturated carbocycles. The SMILES string of the molecule is CC(C)=Cc1c(C(C)C)nc2ccccc2c1-c1ccc(F)cc1. The highest BCUT2D eigenvalue weighted by molar-refractivity contribution is 5.99. The van der Waals surface area contributed by atoms with Crippen molar-refractivity contribution in [2.45, 2.75) is 33.6 Å². The van der Waals surface area contributed by atoms with Gasteiger partial charge in [0.15, 0.2) is 0 Å². The van der Waals surface area contributed by atoms with E-state index in [1.165, 1.54) is 17.7 Å². The van der Waals surface area contributed by atoms with Gasteiger partial charge in [0.2, 0.25) is 0 Å². The van der Waals surface area contributed by atoms with Crippen molar-refractivity contribution in [3.8, 4) is 11.1 Å². The van der Waals surface area contributed by atoms with Gasteiger partial charge in [-0.3, -0.25) is 4.98 Å². The smallest absolute Gasteiger partial charge is 0.123 e. The molecule has 0 bridgehead atoms. The van der Waals surface area contributed by atoms with Crippen LogP contribution in [0.1, 0.15) is 44.9 Å². The van der Waals surface area contributed by atoms with Crippen LogP contribution >= 0.6 is 0 Å². The lowest BCUT2D eigenvalue weighted by atomic mass is 9.90. The lowest BCUT2D eigenvalue weighted by Crippen LogP contribution is -2.01. The Morgan fingerprint density at radius 2 is 1.67 bits per heavy atom. The zero-order valence-corrected chi connectivity index (χ0v) is 14.6. The summed E-state index contributed by atoms with van der Waals surface area (Å²) in [6.07, 6.45) is 2.19. The summed E-state index contributed by atoms with van der Waals surface area (Å²) in [4.78, 5) is 4.91. The van der Waals surface area contributed by atoms with Gasteiger partial charge < -0.3 is 0 Å². The Labute approximate surface area is 142 Å². The van der Waals surface area contributed by atoms with Gasteiger partial charge in [-0.1, -0.05) is 55.8 Å². The van der Waals surface area contributed by atoms with Gasteiger partial charge in [0.1, 0.15) is 5.82 Å². The minimum absolute atomic E-state index is 0.218. The molecular weight excluding hydrogens is 297 g/mol. The molecular formula is C22H22FN. The molecule has 0 atom stereocenters. The maximum Gasteiger partial charge on any atom is 0.123 e. The molecule has 0 amide bonds. The number of halogens is 1. The Bertz CT molecular complexity index is 901. The van der Waals surface area contributed by atoms with Crippen molar-refractivity contribution in [2.75, 3.05) is 0 Å². The van der Waals surface area contributed by atoms with Gasteiger partial charge in [0.05, 0.1) is 11.2 Å². The Morgan fingerprint density at radius 1 is 1.00 bits per heavy atom. The molecule has 3 rings (SSSR count). The van der Waals surface area contributed by atoms with Gasteiger partial charge in [-0.25, -0.2) is 4.39 Å². The van der Waals surface area contributed by atoms with Crippen molar-refractivity contribution in [3.63, 3.8) is 0 Å². The summed E-state index contributed by atoms with van der Waals surface area (Å²) in [6, 6.07) is 14.9. The van der Waals surface area contributed by atoms with Crippen molar-refractivity contribution in [3.05, 3.63) is 71.2 Å². The highest BCUT2D eigenvalue weighted by Crippen LogP contribution is 2.36. The lowest BCUT2D eigenvalue weighted by Gasteiger charge is -2.18. The quantitative estimate of drug-likeness (QED) is 0.531. The summed E-state index contributed by atoms with van der Waals surface area (Å²) in [7, 11) is 0. The molecule has 0 spiro atoms. The number of aromatic nitrogens is 1. The molecule has 2 heteroatoms. The van der Waals surface area contributed by atoms with Crippen LogP contribution in [0.4, 0.5) is 4.39 Å². The van der Waals surface area contributed by atoms with E-state index in [9.17, 15) is 4.39 Å². The van der Waals surface area contributed by atoms with Crippen LogP contribution in [-0.2, 0) is 0 Å². The monoisotopic (exact) mass is 319 g/mol. The average molecular weight is 319 g/mol. The molecule has 0 aliphatic rings. The number of benzene rings is 2. The van der Waals surface area contributed by atoms with Crippen molar-refractivity contribution in [2.24, 2.45) is 0 Å². The number of hydrogen-bond acceptors (Lipinski definition) is 1. The van der Waals surface area contributed by atoms with Crippen LogP contribution in [0.15, 0.2) is 54.1 Å². The maximum atomic E-state index is 13.4. The van der Waals surface area contributed by atoms with E-state index in [0.29, 0.717) is 5.92 Å². The van der Waals surface area contributed by atoms with Crippen LogP contribution < -0.4 is 0 Å². The van der Waals surface area contributed by atoms with Crippen LogP contribution in [0.25, 0.3) is 28.1 Å². The second-order valence-electron chi connectivity index (χ2n) is 6.69. The van der Waals surface area contributed by atoms with E-state index in [1.807, 2.05) is 30.3 Å². The minimum Gasteiger partial charge on any atom is -0.252 e. The normalized spacial score (nSPS) is 11.1. The molecule has 1 nitrogen and oxygen atoms in total. The predicted octanol–water partition coefficient (Wildman–Crippen LogP) is 6.59. The summed E-state index contributed by atoms with van der Waals surface area (Å²) in [6.45, 7) is 8.50. The Morgan fingerprint density at radius 3 is 2.29 bits per heavy atom. The standard InChI is InChI=1S/C22H22FN/c1-14(2)13-19-21(16-9-11-17(23)12-10-16)18-7-5-6-8-20(18)24-22(19)15(3)4/h5-13,15H,1-4H3. The van der Waals surface area contributed by atoms with Gasteiger partial charge in [-0.2, -0.15) is 0 Å². The summed E-state index contributed by atoms with van der Waals surface area (Å²) in [5.41, 5.74) is 6.56. The molecule has 1 heterocycles. The molecule has 0 fully saturated rings. The van der Waals surface area contributed by atoms with E-state index in [1.54, 1.807) is 0 Å². The second kappa shape index (κ2) is 6.56. The lowest BCUT2D eigenvalue weighted by molar-refractivity contribution is 0.628. The molecule has 122 valence electrons. The zero-order valence-electron chi connectivity index (χ0n) is 14.6. The van der Waals surface area contributed by atoms with Gasteiger partial charge >= 0.3 is 0 Å². The maximum absolute atomic E-state index is 13.4. The van der Waals surface area contributed by atoms with Crippen molar-refractivity contribution in [1.29, 1.82) is 0 Å². The van der Waals surface area contributed by atoms with Crippen molar-refractivity contribution in [1.82, 2.24) is 4.98 Å². The van der Waals surface area contributed by atoms with E-state index in [4.69, 9.17) is 4.98 Å². The first kappa shape index (κ1) is 16.4. The fourth-order valence-corrected chi connectivity index (χ4v) is 3.05. The number of fused-ring (bicyclic) bond motifs is 1. The fourth-order valence-electron chi connectivity index (χ4n) is 3.05. The van der Waals surface area contributed by atoms with Crippen molar-refractivity contribution >= 4 is 17.0 Å². The Hall–Kier alpha value is -2.48. The average Bonchev–Trinajstić information content (AvgIpc) is 2.54. The fraction of sp³-hybridized carbons (Fsp3) is 0.227. The molecule has 0 aliphatic heterocycles. The van der Waals surface area contributed by atoms with E-state index in [2.05, 4.69) is 39.8 Å². The molecule has 0 aliphatic carbocycles. The first-order valence-electron chi connectivity index (χ1n) is 8.31. The van der Waals surface area contributed by atoms with Crippen molar-refractivity contribution < 1.29 is 4.39 Å². The summed E-state index contributed by atoms with van der Waals surface area (Å²) in [5, 5.41) is 1.10. The number of nitrogens with zero attached hydrogens (tertiary/aromatic N) is 1. The molecule has 3 aromatic rings. The summed E-state index contributed by atoms with van der Waals surface area (Å²) >= 11 is 0. The van der Waals surface area contributed by atoms with Gasteiger partial charge in [-0.15, -0.1) is 0 Å². The van der Waals surface area contributed by atoms with Gasteiger partial charge in [0, 0.05) is 16.5 Å². The number of para-hydroxylation sites is 1. The molecule has 0 unspecified atom stereocenters. The van der Waals surface area contributed by atoms with Gasteiger partial charge in [0.25, 0.3) is 0 Å². The third-order valence-corrected chi connectivity index (χ3v) is 4.07. The first-order chi connectivity index (χ1) is 11.5. The highest BCUT2D eigenvalue weighted by atomic mass is 19.1. The Balaban J connectivity index is 2.46. The van der Waals surface area contributed by atoms with Crippen LogP contribution in [0, 0.1) is 5.82 Å². The van der Waals surface area contributed by atoms with Crippen LogP contribution in [0.3, 0.4) is 0 Å². The van der Waals surface area contributed by atoms with E-state index in [-0.39, 0.29) is 5.82 Å². The van der Waals surface area contributed by atoms with Gasteiger partial charge in [-0.05, 0) is 43.5 Å². The number of rotatable bonds is 3. The largest absolute Gasteiger partial charge is 0.252 e. The van der Waals surface area contributed by atoms with Crippen LogP contribution in [-0.4, -0.2) is 4.98 Å². The van der Waals surface area contributed by atoms with E-state index in [0.717, 1.165) is 33.3 Å². The topological polar surface area (TPSA) is 12.9 Å². The number of allylic oxidation sites excluding steroid dienone is 1. The molecule has 0 saturated heterocycles. The third-order valence-electron chi connectivity index (χ3n) is 4.07. The molecule has 1 aromatic heterocycles. The summed E-state index contributed by atoms with van der Waals surface area (Å²) in [5.74, 6) is 0.0874. The second-order valence-corrected chi connectivity index (χ2v) is 6.69. The Kier molecular flexibility index (Phi) is 4.48. The van der Waals surface area contributed by atoms with Crippen LogP contribution in [0.5, 0.6) is 0 Å². The molecule has 24 heavy (non-hydrogen) atoms. The zero-order chi connectivity index (χ0) is 17.3. The van der Waals surface area contributed by atoms with E-state index >= 15 is 0 Å². The number of hydrogen-bond donors (Lipinski definition) is 0. The first-order valence-corrected chi connectivity index (χ1v) is 8.31. The number of pyridine rings is 1. The molecule has 2 aromatic carbocycles. The highest BCUT2D eigenvalue weighted by Gasteiger charge is 2.17. The van der Waals surface area contributed by atoms with E-state index < -0.39 is 0 Å². The molecule has 0 N–H and O–H groups in total. The third kappa shape index (κ3) is 3.09. The summed E-state index contributed by atoms with van der Waals surface area (Å²) < 4.78 is 13.4. The minimum atomic E-state index is -0.218. The van der Waals surface area contributed by atoms with Crippen LogP contribution in [0.2, 0.25) is 0 Å².